The summed E-state index contributed by atoms with van der Waals surface area (Å²) in [6, 6.07) is 11.1. The van der Waals surface area contributed by atoms with Crippen molar-refractivity contribution in [3.63, 3.8) is 0 Å². The fourth-order valence-electron chi connectivity index (χ4n) is 2.61. The molecular weight excluding hydrogens is 344 g/mol. The average molecular weight is 362 g/mol. The van der Waals surface area contributed by atoms with Gasteiger partial charge in [0.2, 0.25) is 5.91 Å². The number of methoxy groups -OCH3 is 1. The monoisotopic (exact) mass is 362 g/mol. The summed E-state index contributed by atoms with van der Waals surface area (Å²) in [5, 5.41) is 16.3. The Labute approximate surface area is 156 Å². The number of ether oxygens (including phenoxy) is 1. The summed E-state index contributed by atoms with van der Waals surface area (Å²) in [6.45, 7) is 3.68. The molecule has 3 rings (SSSR count). The molecule has 0 fully saturated rings. The first-order chi connectivity index (χ1) is 13.0. The largest absolute Gasteiger partial charge is 0.497 e. The van der Waals surface area contributed by atoms with Crippen LogP contribution in [0.3, 0.4) is 0 Å². The summed E-state index contributed by atoms with van der Waals surface area (Å²) in [4.78, 5) is 21.2. The van der Waals surface area contributed by atoms with E-state index in [0.717, 1.165) is 22.7 Å². The molecular formula is C19H18N6O2. The standard InChI is InChI=1S/C19H18N6O2/c1-12-8-13(2)23-19(22-12)25-18(15(10-20)11-21-25)24-17(26)9-14-4-6-16(27-3)7-5-14/h4-8,11H,9H2,1-3H3,(H,24,26). The van der Waals surface area contributed by atoms with Gasteiger partial charge in [-0.15, -0.1) is 0 Å². The van der Waals surface area contributed by atoms with E-state index in [2.05, 4.69) is 20.4 Å². The average Bonchev–Trinajstić information content (AvgIpc) is 3.04. The molecule has 0 aliphatic carbocycles. The van der Waals surface area contributed by atoms with Gasteiger partial charge in [0, 0.05) is 11.4 Å². The van der Waals surface area contributed by atoms with Crippen LogP contribution in [0, 0.1) is 25.2 Å². The third-order valence-electron chi connectivity index (χ3n) is 3.83. The molecule has 0 saturated heterocycles. The molecule has 8 heteroatoms. The topological polar surface area (TPSA) is 106 Å². The van der Waals surface area contributed by atoms with Crippen LogP contribution in [0.15, 0.2) is 36.5 Å². The predicted molar refractivity (Wildman–Crippen MR) is 98.7 cm³/mol. The van der Waals surface area contributed by atoms with Gasteiger partial charge in [-0.1, -0.05) is 12.1 Å². The van der Waals surface area contributed by atoms with E-state index in [1.54, 1.807) is 19.2 Å². The molecule has 0 atom stereocenters. The Hall–Kier alpha value is -3.73. The summed E-state index contributed by atoms with van der Waals surface area (Å²) in [5.41, 5.74) is 2.59. The maximum absolute atomic E-state index is 12.5. The molecule has 0 aliphatic rings. The number of aromatic nitrogens is 4. The zero-order chi connectivity index (χ0) is 19.4. The van der Waals surface area contributed by atoms with E-state index in [-0.39, 0.29) is 23.7 Å². The summed E-state index contributed by atoms with van der Waals surface area (Å²) < 4.78 is 6.48. The van der Waals surface area contributed by atoms with E-state index >= 15 is 0 Å². The third kappa shape index (κ3) is 4.10. The second-order valence-electron chi connectivity index (χ2n) is 5.95. The molecule has 1 aromatic carbocycles. The quantitative estimate of drug-likeness (QED) is 0.747. The lowest BCUT2D eigenvalue weighted by atomic mass is 10.1. The second kappa shape index (κ2) is 7.66. The van der Waals surface area contributed by atoms with Gasteiger partial charge in [0.05, 0.1) is 19.7 Å². The number of nitriles is 1. The SMILES string of the molecule is COc1ccc(CC(=O)Nc2c(C#N)cnn2-c2nc(C)cc(C)n2)cc1. The van der Waals surface area contributed by atoms with Crippen LogP contribution >= 0.6 is 0 Å². The first-order valence-corrected chi connectivity index (χ1v) is 8.23. The first kappa shape index (κ1) is 18.1. The van der Waals surface area contributed by atoms with Gasteiger partial charge in [0.1, 0.15) is 17.4 Å². The maximum atomic E-state index is 12.5. The lowest BCUT2D eigenvalue weighted by Crippen LogP contribution is -2.19. The van der Waals surface area contributed by atoms with Crippen LogP contribution in [0.2, 0.25) is 0 Å². The summed E-state index contributed by atoms with van der Waals surface area (Å²) in [7, 11) is 1.58. The van der Waals surface area contributed by atoms with Gasteiger partial charge in [-0.25, -0.2) is 9.97 Å². The van der Waals surface area contributed by atoms with Gasteiger partial charge in [-0.2, -0.15) is 15.0 Å². The second-order valence-corrected chi connectivity index (χ2v) is 5.95. The van der Waals surface area contributed by atoms with Crippen LogP contribution in [0.5, 0.6) is 5.75 Å². The summed E-state index contributed by atoms with van der Waals surface area (Å²) >= 11 is 0. The van der Waals surface area contributed by atoms with Crippen LogP contribution in [0.1, 0.15) is 22.5 Å². The summed E-state index contributed by atoms with van der Waals surface area (Å²) in [5.74, 6) is 0.994. The Morgan fingerprint density at radius 2 is 1.89 bits per heavy atom. The molecule has 0 saturated carbocycles. The minimum atomic E-state index is -0.275. The number of carbonyl (C=O) groups is 1. The predicted octanol–water partition coefficient (Wildman–Crippen LogP) is 2.34. The molecule has 2 aromatic heterocycles. The minimum Gasteiger partial charge on any atom is -0.497 e. The minimum absolute atomic E-state index is 0.147. The van der Waals surface area contributed by atoms with E-state index in [4.69, 9.17) is 4.74 Å². The molecule has 8 nitrogen and oxygen atoms in total. The van der Waals surface area contributed by atoms with Crippen molar-refractivity contribution in [2.45, 2.75) is 20.3 Å². The number of hydrogen-bond acceptors (Lipinski definition) is 6. The van der Waals surface area contributed by atoms with Gasteiger partial charge in [0.25, 0.3) is 5.95 Å². The highest BCUT2D eigenvalue weighted by Crippen LogP contribution is 2.19. The van der Waals surface area contributed by atoms with Gasteiger partial charge in [0.15, 0.2) is 5.82 Å². The Bertz CT molecular complexity index is 997. The molecule has 2 heterocycles. The van der Waals surface area contributed by atoms with Crippen LogP contribution in [-0.2, 0) is 11.2 Å². The van der Waals surface area contributed by atoms with Crippen molar-refractivity contribution in [3.05, 3.63) is 59.0 Å². The van der Waals surface area contributed by atoms with E-state index in [9.17, 15) is 10.1 Å². The summed E-state index contributed by atoms with van der Waals surface area (Å²) in [6.07, 6.45) is 1.53. The fraction of sp³-hybridized carbons (Fsp3) is 0.211. The lowest BCUT2D eigenvalue weighted by molar-refractivity contribution is -0.115. The molecule has 1 amide bonds. The van der Waals surface area contributed by atoms with Crippen molar-refractivity contribution < 1.29 is 9.53 Å². The Morgan fingerprint density at radius 1 is 1.22 bits per heavy atom. The van der Waals surface area contributed by atoms with Gasteiger partial charge < -0.3 is 10.1 Å². The van der Waals surface area contributed by atoms with Crippen molar-refractivity contribution in [2.75, 3.05) is 12.4 Å². The molecule has 136 valence electrons. The Balaban J connectivity index is 1.86. The van der Waals surface area contributed by atoms with E-state index in [1.807, 2.05) is 38.1 Å². The molecule has 0 aliphatic heterocycles. The smallest absolute Gasteiger partial charge is 0.252 e. The van der Waals surface area contributed by atoms with Crippen LogP contribution in [0.4, 0.5) is 5.82 Å². The highest BCUT2D eigenvalue weighted by molar-refractivity contribution is 5.92. The number of benzene rings is 1. The van der Waals surface area contributed by atoms with Crippen molar-refractivity contribution >= 4 is 11.7 Å². The first-order valence-electron chi connectivity index (χ1n) is 8.23. The van der Waals surface area contributed by atoms with Crippen molar-refractivity contribution in [2.24, 2.45) is 0 Å². The molecule has 3 aromatic rings. The Kier molecular flexibility index (Phi) is 5.13. The van der Waals surface area contributed by atoms with Crippen molar-refractivity contribution in [1.82, 2.24) is 19.7 Å². The van der Waals surface area contributed by atoms with Gasteiger partial charge >= 0.3 is 0 Å². The van der Waals surface area contributed by atoms with Crippen LogP contribution in [0.25, 0.3) is 5.95 Å². The highest BCUT2D eigenvalue weighted by Gasteiger charge is 2.17. The number of aryl methyl sites for hydroxylation is 2. The number of carbonyl (C=O) groups excluding carboxylic acids is 1. The number of nitrogens with zero attached hydrogens (tertiary/aromatic N) is 5. The number of rotatable bonds is 5. The van der Waals surface area contributed by atoms with Crippen LogP contribution in [-0.4, -0.2) is 32.8 Å². The van der Waals surface area contributed by atoms with E-state index in [1.165, 1.54) is 10.9 Å². The Morgan fingerprint density at radius 3 is 2.48 bits per heavy atom. The third-order valence-corrected chi connectivity index (χ3v) is 3.83. The van der Waals surface area contributed by atoms with Gasteiger partial charge in [-0.05, 0) is 37.6 Å². The maximum Gasteiger partial charge on any atom is 0.252 e. The molecule has 0 radical (unpaired) electrons. The van der Waals surface area contributed by atoms with Crippen molar-refractivity contribution in [3.8, 4) is 17.8 Å². The number of nitrogens with one attached hydrogen (secondary N) is 1. The molecule has 0 bridgehead atoms. The normalized spacial score (nSPS) is 10.3. The van der Waals surface area contributed by atoms with Crippen LogP contribution < -0.4 is 10.1 Å². The van der Waals surface area contributed by atoms with E-state index in [0.29, 0.717) is 5.95 Å². The number of amides is 1. The zero-order valence-corrected chi connectivity index (χ0v) is 15.2. The fourth-order valence-corrected chi connectivity index (χ4v) is 2.61. The molecule has 1 N–H and O–H groups in total. The van der Waals surface area contributed by atoms with Crippen molar-refractivity contribution in [1.29, 1.82) is 5.26 Å². The van der Waals surface area contributed by atoms with E-state index < -0.39 is 0 Å². The number of anilines is 1. The van der Waals surface area contributed by atoms with Gasteiger partial charge in [-0.3, -0.25) is 4.79 Å². The highest BCUT2D eigenvalue weighted by atomic mass is 16.5. The molecule has 0 unspecified atom stereocenters. The lowest BCUT2D eigenvalue weighted by Gasteiger charge is -2.10. The molecule has 0 spiro atoms. The number of hydrogen-bond donors (Lipinski definition) is 1. The zero-order valence-electron chi connectivity index (χ0n) is 15.2. The molecule has 27 heavy (non-hydrogen) atoms.